The predicted octanol–water partition coefficient (Wildman–Crippen LogP) is 3.76. The molecule has 6 heteroatoms. The van der Waals surface area contributed by atoms with Crippen LogP contribution in [0.1, 0.15) is 5.56 Å². The Balaban J connectivity index is 1.70. The number of nitrogens with one attached hydrogen (secondary N) is 1. The molecule has 1 N–H and O–H groups in total. The van der Waals surface area contributed by atoms with Crippen molar-refractivity contribution in [3.05, 3.63) is 53.1 Å². The second kappa shape index (κ2) is 6.95. The van der Waals surface area contributed by atoms with Crippen molar-refractivity contribution in [1.29, 1.82) is 5.26 Å². The predicted molar refractivity (Wildman–Crippen MR) is 94.2 cm³/mol. The second-order valence-electron chi connectivity index (χ2n) is 5.02. The van der Waals surface area contributed by atoms with Gasteiger partial charge in [0.15, 0.2) is 0 Å². The smallest absolute Gasteiger partial charge is 0.246 e. The summed E-state index contributed by atoms with van der Waals surface area (Å²) in [5, 5.41) is 12.5. The van der Waals surface area contributed by atoms with Crippen LogP contribution in [-0.2, 0) is 4.79 Å². The number of carbonyl (C=O) groups is 1. The SMILES string of the molecule is N#Cc1cc(NCC(=O)N2CCSc3ccccc32)ccc1Cl. The lowest BCUT2D eigenvalue weighted by Crippen LogP contribution is -2.39. The summed E-state index contributed by atoms with van der Waals surface area (Å²) in [7, 11) is 0. The van der Waals surface area contributed by atoms with Gasteiger partial charge < -0.3 is 10.2 Å². The topological polar surface area (TPSA) is 56.1 Å². The van der Waals surface area contributed by atoms with E-state index in [1.54, 1.807) is 34.9 Å². The summed E-state index contributed by atoms with van der Waals surface area (Å²) < 4.78 is 0. The average Bonchev–Trinajstić information content (AvgIpc) is 2.60. The molecule has 0 aromatic heterocycles. The number of thioether (sulfide) groups is 1. The number of anilines is 2. The number of carbonyl (C=O) groups excluding carboxylic acids is 1. The zero-order chi connectivity index (χ0) is 16.2. The van der Waals surface area contributed by atoms with Crippen LogP contribution in [-0.4, -0.2) is 24.7 Å². The van der Waals surface area contributed by atoms with Crippen LogP contribution in [0.25, 0.3) is 0 Å². The first-order valence-electron chi connectivity index (χ1n) is 7.15. The Morgan fingerprint density at radius 2 is 2.17 bits per heavy atom. The maximum atomic E-state index is 12.5. The lowest BCUT2D eigenvalue weighted by Gasteiger charge is -2.29. The zero-order valence-electron chi connectivity index (χ0n) is 12.3. The first-order valence-corrected chi connectivity index (χ1v) is 8.51. The molecule has 4 nitrogen and oxygen atoms in total. The number of hydrogen-bond donors (Lipinski definition) is 1. The number of fused-ring (bicyclic) bond motifs is 1. The molecule has 1 amide bonds. The summed E-state index contributed by atoms with van der Waals surface area (Å²) in [5.74, 6) is 0.897. The van der Waals surface area contributed by atoms with Gasteiger partial charge in [0.2, 0.25) is 5.91 Å². The minimum Gasteiger partial charge on any atom is -0.376 e. The minimum absolute atomic E-state index is 0.00575. The largest absolute Gasteiger partial charge is 0.376 e. The Bertz CT molecular complexity index is 788. The van der Waals surface area contributed by atoms with Crippen molar-refractivity contribution in [1.82, 2.24) is 0 Å². The Morgan fingerprint density at radius 1 is 1.35 bits per heavy atom. The van der Waals surface area contributed by atoms with Crippen molar-refractivity contribution >= 4 is 40.6 Å². The molecule has 0 radical (unpaired) electrons. The Labute approximate surface area is 144 Å². The van der Waals surface area contributed by atoms with Gasteiger partial charge in [0, 0.05) is 22.9 Å². The number of amides is 1. The standard InChI is InChI=1S/C17H14ClN3OS/c18-14-6-5-13(9-12(14)10-19)20-11-17(22)21-7-8-23-16-4-2-1-3-15(16)21/h1-6,9,20H,7-8,11H2. The molecule has 3 rings (SSSR count). The lowest BCUT2D eigenvalue weighted by molar-refractivity contribution is -0.117. The molecular weight excluding hydrogens is 330 g/mol. The van der Waals surface area contributed by atoms with E-state index in [0.717, 1.165) is 16.3 Å². The van der Waals surface area contributed by atoms with Gasteiger partial charge in [-0.25, -0.2) is 0 Å². The molecule has 1 heterocycles. The van der Waals surface area contributed by atoms with E-state index in [-0.39, 0.29) is 12.5 Å². The van der Waals surface area contributed by atoms with Crippen molar-refractivity contribution < 1.29 is 4.79 Å². The van der Waals surface area contributed by atoms with Crippen LogP contribution < -0.4 is 10.2 Å². The molecule has 0 bridgehead atoms. The average molecular weight is 344 g/mol. The molecule has 0 atom stereocenters. The van der Waals surface area contributed by atoms with E-state index in [1.807, 2.05) is 30.3 Å². The van der Waals surface area contributed by atoms with Gasteiger partial charge in [0.25, 0.3) is 0 Å². The summed E-state index contributed by atoms with van der Waals surface area (Å²) in [6.45, 7) is 0.873. The van der Waals surface area contributed by atoms with Crippen molar-refractivity contribution in [3.8, 4) is 6.07 Å². The molecule has 23 heavy (non-hydrogen) atoms. The Kier molecular flexibility index (Phi) is 4.75. The number of nitrogens with zero attached hydrogens (tertiary/aromatic N) is 2. The number of benzene rings is 2. The van der Waals surface area contributed by atoms with Crippen LogP contribution >= 0.6 is 23.4 Å². The molecule has 0 fully saturated rings. The van der Waals surface area contributed by atoms with Crippen LogP contribution in [0.4, 0.5) is 11.4 Å². The first kappa shape index (κ1) is 15.7. The number of rotatable bonds is 3. The van der Waals surface area contributed by atoms with Crippen molar-refractivity contribution in [3.63, 3.8) is 0 Å². The molecule has 1 aliphatic heterocycles. The molecule has 0 unspecified atom stereocenters. The van der Waals surface area contributed by atoms with Crippen LogP contribution in [0.3, 0.4) is 0 Å². The van der Waals surface area contributed by atoms with E-state index in [1.165, 1.54) is 0 Å². The molecule has 2 aromatic rings. The molecular formula is C17H14ClN3OS. The van der Waals surface area contributed by atoms with Crippen LogP contribution in [0.5, 0.6) is 0 Å². The number of nitriles is 1. The fourth-order valence-electron chi connectivity index (χ4n) is 2.42. The van der Waals surface area contributed by atoms with E-state index < -0.39 is 0 Å². The lowest BCUT2D eigenvalue weighted by atomic mass is 10.2. The third-order valence-electron chi connectivity index (χ3n) is 3.56. The van der Waals surface area contributed by atoms with Gasteiger partial charge in [-0.05, 0) is 30.3 Å². The molecule has 1 aliphatic rings. The van der Waals surface area contributed by atoms with Gasteiger partial charge >= 0.3 is 0 Å². The molecule has 116 valence electrons. The minimum atomic E-state index is 0.00575. The highest BCUT2D eigenvalue weighted by molar-refractivity contribution is 7.99. The maximum absolute atomic E-state index is 12.5. The van der Waals surface area contributed by atoms with Crippen molar-refractivity contribution in [2.45, 2.75) is 4.90 Å². The molecule has 0 spiro atoms. The second-order valence-corrected chi connectivity index (χ2v) is 6.57. The van der Waals surface area contributed by atoms with Gasteiger partial charge in [-0.15, -0.1) is 11.8 Å². The zero-order valence-corrected chi connectivity index (χ0v) is 13.8. The van der Waals surface area contributed by atoms with E-state index in [9.17, 15) is 4.79 Å². The summed E-state index contributed by atoms with van der Waals surface area (Å²) >= 11 is 7.68. The Hall–Kier alpha value is -2.16. The maximum Gasteiger partial charge on any atom is 0.246 e. The highest BCUT2D eigenvalue weighted by Gasteiger charge is 2.22. The monoisotopic (exact) mass is 343 g/mol. The van der Waals surface area contributed by atoms with Crippen LogP contribution in [0, 0.1) is 11.3 Å². The fraction of sp³-hybridized carbons (Fsp3) is 0.176. The summed E-state index contributed by atoms with van der Waals surface area (Å²) in [5.41, 5.74) is 2.06. The van der Waals surface area contributed by atoms with E-state index in [2.05, 4.69) is 5.32 Å². The highest BCUT2D eigenvalue weighted by atomic mass is 35.5. The van der Waals surface area contributed by atoms with Gasteiger partial charge in [-0.3, -0.25) is 4.79 Å². The molecule has 0 saturated heterocycles. The number of halogens is 1. The quantitative estimate of drug-likeness (QED) is 0.921. The Morgan fingerprint density at radius 3 is 3.00 bits per heavy atom. The third-order valence-corrected chi connectivity index (χ3v) is 4.93. The van der Waals surface area contributed by atoms with E-state index in [4.69, 9.17) is 16.9 Å². The number of hydrogen-bond acceptors (Lipinski definition) is 4. The van der Waals surface area contributed by atoms with Crippen molar-refractivity contribution in [2.24, 2.45) is 0 Å². The summed E-state index contributed by atoms with van der Waals surface area (Å²) in [4.78, 5) is 15.5. The summed E-state index contributed by atoms with van der Waals surface area (Å²) in [6.07, 6.45) is 0. The van der Waals surface area contributed by atoms with E-state index in [0.29, 0.717) is 22.8 Å². The highest BCUT2D eigenvalue weighted by Crippen LogP contribution is 2.34. The van der Waals surface area contributed by atoms with Gasteiger partial charge in [0.05, 0.1) is 22.8 Å². The first-order chi connectivity index (χ1) is 11.2. The van der Waals surface area contributed by atoms with Gasteiger partial charge in [-0.2, -0.15) is 5.26 Å². The number of para-hydroxylation sites is 1. The normalized spacial score (nSPS) is 13.1. The molecule has 0 saturated carbocycles. The van der Waals surface area contributed by atoms with E-state index >= 15 is 0 Å². The van der Waals surface area contributed by atoms with Crippen LogP contribution in [0.2, 0.25) is 5.02 Å². The third kappa shape index (κ3) is 3.44. The van der Waals surface area contributed by atoms with Gasteiger partial charge in [-0.1, -0.05) is 23.7 Å². The molecule has 2 aromatic carbocycles. The van der Waals surface area contributed by atoms with Gasteiger partial charge in [0.1, 0.15) is 6.07 Å². The summed E-state index contributed by atoms with van der Waals surface area (Å²) in [6, 6.07) is 15.0. The fourth-order valence-corrected chi connectivity index (χ4v) is 3.58. The van der Waals surface area contributed by atoms with Crippen molar-refractivity contribution in [2.75, 3.05) is 29.1 Å². The van der Waals surface area contributed by atoms with Crippen LogP contribution in [0.15, 0.2) is 47.4 Å². The molecule has 0 aliphatic carbocycles.